The molecule has 2 N–H and O–H groups in total. The normalized spacial score (nSPS) is 32.4. The third-order valence-electron chi connectivity index (χ3n) is 19.1. The Morgan fingerprint density at radius 1 is 0.776 bits per heavy atom. The van der Waals surface area contributed by atoms with Gasteiger partial charge in [-0.25, -0.2) is 0 Å². The number of hydrogen-bond acceptors (Lipinski definition) is 9. The Bertz CT molecular complexity index is 1920. The fraction of sp³-hybridized carbons (Fsp3) is 0.789. The number of anilines is 2. The number of aromatic nitrogens is 2. The molecular formula is C57H91N7O3. The van der Waals surface area contributed by atoms with Gasteiger partial charge in [0, 0.05) is 82.5 Å². The van der Waals surface area contributed by atoms with Gasteiger partial charge in [0.2, 0.25) is 5.91 Å². The molecule has 2 aliphatic heterocycles. The Morgan fingerprint density at radius 2 is 1.46 bits per heavy atom. The Hall–Kier alpha value is -3.24. The van der Waals surface area contributed by atoms with Crippen molar-refractivity contribution in [3.8, 4) is 0 Å². The van der Waals surface area contributed by atoms with E-state index >= 15 is 0 Å². The molecule has 10 heteroatoms. The molecule has 0 radical (unpaired) electrons. The third-order valence-corrected chi connectivity index (χ3v) is 19.1. The van der Waals surface area contributed by atoms with Crippen molar-refractivity contribution >= 4 is 23.3 Å². The van der Waals surface area contributed by atoms with Gasteiger partial charge >= 0.3 is 5.97 Å². The van der Waals surface area contributed by atoms with Crippen LogP contribution in [0, 0.1) is 52.3 Å². The Kier molecular flexibility index (Phi) is 17.0. The Labute approximate surface area is 406 Å². The smallest absolute Gasteiger partial charge is 0.306 e. The summed E-state index contributed by atoms with van der Waals surface area (Å²) in [6.07, 6.45) is 26.7. The van der Waals surface area contributed by atoms with Gasteiger partial charge in [0.15, 0.2) is 0 Å². The van der Waals surface area contributed by atoms with Crippen LogP contribution in [-0.4, -0.2) is 90.1 Å². The van der Waals surface area contributed by atoms with Crippen LogP contribution in [0.1, 0.15) is 174 Å². The second-order valence-electron chi connectivity index (χ2n) is 23.9. The van der Waals surface area contributed by atoms with Crippen LogP contribution >= 0.6 is 0 Å². The molecule has 6 aliphatic rings. The molecule has 8 rings (SSSR count). The fourth-order valence-electron chi connectivity index (χ4n) is 15.5. The number of rotatable bonds is 21. The van der Waals surface area contributed by atoms with Gasteiger partial charge in [0.1, 0.15) is 6.10 Å². The van der Waals surface area contributed by atoms with Crippen LogP contribution in [0.3, 0.4) is 0 Å². The van der Waals surface area contributed by atoms with Gasteiger partial charge in [-0.05, 0) is 186 Å². The van der Waals surface area contributed by atoms with Crippen molar-refractivity contribution < 1.29 is 14.3 Å². The lowest BCUT2D eigenvalue weighted by atomic mass is 9.44. The standard InChI is InChI=1S/C57H91N7O3/c1-40(2)13-10-14-41(3)49-19-20-50-48-18-17-42-35-47(23-27-56(42,4)51(48)24-28-57(49,50)5)67-55(66)22-21-54(65)61-30-9-8-29-58-43-25-31-59-44(36-43)38-63-33-11-15-52(63)53-16-12-34-64(53)39-45-37-46(62(6)7)26-32-60-45/h25-26,31-32,36-37,40-42,47-53H,8-24,27-30,33-35,38-39H2,1-7H3,(H,58,59)(H,61,65). The summed E-state index contributed by atoms with van der Waals surface area (Å²) in [4.78, 5) is 42.8. The second-order valence-corrected chi connectivity index (χ2v) is 23.9. The molecule has 0 bridgehead atoms. The van der Waals surface area contributed by atoms with Crippen LogP contribution in [0.5, 0.6) is 0 Å². The van der Waals surface area contributed by atoms with Crippen molar-refractivity contribution in [3.05, 3.63) is 48.0 Å². The van der Waals surface area contributed by atoms with E-state index in [9.17, 15) is 9.59 Å². The topological polar surface area (TPSA) is 103 Å². The summed E-state index contributed by atoms with van der Waals surface area (Å²) >= 11 is 0. The molecule has 67 heavy (non-hydrogen) atoms. The monoisotopic (exact) mass is 922 g/mol. The summed E-state index contributed by atoms with van der Waals surface area (Å²) in [6.45, 7) is 18.1. The summed E-state index contributed by atoms with van der Waals surface area (Å²) in [7, 11) is 4.18. The van der Waals surface area contributed by atoms with Gasteiger partial charge in [-0.1, -0.05) is 53.9 Å². The van der Waals surface area contributed by atoms with Crippen LogP contribution in [0.25, 0.3) is 0 Å². The fourth-order valence-corrected chi connectivity index (χ4v) is 15.5. The maximum Gasteiger partial charge on any atom is 0.306 e. The second kappa shape index (κ2) is 22.7. The first kappa shape index (κ1) is 50.2. The molecule has 0 spiro atoms. The molecule has 2 saturated heterocycles. The summed E-state index contributed by atoms with van der Waals surface area (Å²) in [6, 6.07) is 9.68. The van der Waals surface area contributed by atoms with E-state index in [1.807, 2.05) is 12.4 Å². The average Bonchev–Trinajstić information content (AvgIpc) is 4.05. The predicted octanol–water partition coefficient (Wildman–Crippen LogP) is 11.3. The zero-order chi connectivity index (χ0) is 47.1. The number of nitrogens with zero attached hydrogens (tertiary/aromatic N) is 5. The van der Waals surface area contributed by atoms with E-state index < -0.39 is 0 Å². The van der Waals surface area contributed by atoms with Crippen LogP contribution in [-0.2, 0) is 27.4 Å². The number of pyridine rings is 2. The molecule has 372 valence electrons. The molecule has 4 aliphatic carbocycles. The highest BCUT2D eigenvalue weighted by atomic mass is 16.5. The molecule has 11 atom stereocenters. The lowest BCUT2D eigenvalue weighted by molar-refractivity contribution is -0.163. The number of fused-ring (bicyclic) bond motifs is 5. The zero-order valence-corrected chi connectivity index (χ0v) is 43.1. The van der Waals surface area contributed by atoms with E-state index in [-0.39, 0.29) is 30.8 Å². The number of carbonyl (C=O) groups is 2. The minimum absolute atomic E-state index is 0.00560. The van der Waals surface area contributed by atoms with Crippen LogP contribution in [0.4, 0.5) is 11.4 Å². The van der Waals surface area contributed by atoms with Gasteiger partial charge in [0.25, 0.3) is 0 Å². The van der Waals surface area contributed by atoms with Crippen LogP contribution < -0.4 is 15.5 Å². The predicted molar refractivity (Wildman–Crippen MR) is 273 cm³/mol. The summed E-state index contributed by atoms with van der Waals surface area (Å²) < 4.78 is 6.11. The molecule has 1 amide bonds. The summed E-state index contributed by atoms with van der Waals surface area (Å²) in [5.41, 5.74) is 5.48. The number of carbonyl (C=O) groups excluding carboxylic acids is 2. The van der Waals surface area contributed by atoms with E-state index in [1.165, 1.54) is 95.6 Å². The number of unbranched alkanes of at least 4 members (excludes halogenated alkanes) is 1. The van der Waals surface area contributed by atoms with Gasteiger partial charge in [-0.2, -0.15) is 0 Å². The van der Waals surface area contributed by atoms with Crippen LogP contribution in [0.15, 0.2) is 36.7 Å². The van der Waals surface area contributed by atoms with Crippen molar-refractivity contribution in [1.29, 1.82) is 0 Å². The van der Waals surface area contributed by atoms with Crippen molar-refractivity contribution in [2.75, 3.05) is 50.5 Å². The van der Waals surface area contributed by atoms with Crippen molar-refractivity contribution in [3.63, 3.8) is 0 Å². The maximum atomic E-state index is 13.1. The van der Waals surface area contributed by atoms with E-state index in [2.05, 4.69) is 98.3 Å². The highest BCUT2D eigenvalue weighted by molar-refractivity contribution is 5.81. The van der Waals surface area contributed by atoms with Gasteiger partial charge in [0.05, 0.1) is 17.8 Å². The first-order valence-corrected chi connectivity index (χ1v) is 27.6. The minimum atomic E-state index is -0.202. The highest BCUT2D eigenvalue weighted by Gasteiger charge is 2.60. The quantitative estimate of drug-likeness (QED) is 0.0936. The lowest BCUT2D eigenvalue weighted by Crippen LogP contribution is -2.54. The molecule has 10 nitrogen and oxygen atoms in total. The first-order chi connectivity index (χ1) is 32.3. The van der Waals surface area contributed by atoms with Crippen molar-refractivity contribution in [1.82, 2.24) is 25.1 Å². The number of likely N-dealkylation sites (tertiary alicyclic amines) is 2. The van der Waals surface area contributed by atoms with Gasteiger partial charge in [-0.15, -0.1) is 0 Å². The average molecular weight is 922 g/mol. The van der Waals surface area contributed by atoms with Crippen LogP contribution in [0.2, 0.25) is 0 Å². The molecule has 2 aromatic heterocycles. The number of amides is 1. The zero-order valence-electron chi connectivity index (χ0n) is 43.1. The molecule has 6 fully saturated rings. The summed E-state index contributed by atoms with van der Waals surface area (Å²) in [5.74, 6) is 5.56. The van der Waals surface area contributed by atoms with Gasteiger partial charge < -0.3 is 20.3 Å². The first-order valence-electron chi connectivity index (χ1n) is 27.6. The molecule has 4 saturated carbocycles. The van der Waals surface area contributed by atoms with Crippen molar-refractivity contribution in [2.24, 2.45) is 52.3 Å². The Morgan fingerprint density at radius 3 is 2.19 bits per heavy atom. The largest absolute Gasteiger partial charge is 0.462 e. The number of esters is 1. The minimum Gasteiger partial charge on any atom is -0.462 e. The van der Waals surface area contributed by atoms with E-state index in [0.717, 1.165) is 111 Å². The molecule has 4 heterocycles. The molecular weight excluding hydrogens is 831 g/mol. The van der Waals surface area contributed by atoms with Crippen molar-refractivity contribution in [2.45, 2.75) is 194 Å². The van der Waals surface area contributed by atoms with E-state index in [1.54, 1.807) is 0 Å². The Balaban J connectivity index is 0.698. The van der Waals surface area contributed by atoms with E-state index in [0.29, 0.717) is 35.4 Å². The number of ether oxygens (including phenoxy) is 1. The highest BCUT2D eigenvalue weighted by Crippen LogP contribution is 2.68. The third kappa shape index (κ3) is 12.0. The molecule has 11 unspecified atom stereocenters. The SMILES string of the molecule is CC(C)CCCC(C)C1CCC2C3CCC4CC(OC(=O)CCC(=O)NCCCCNc5ccnc(CN6CCCC6C6CCCN6Cc6cc(N(C)C)ccn6)c5)CCC4(C)C3CCC12C. The maximum absolute atomic E-state index is 13.1. The molecule has 2 aromatic rings. The molecule has 0 aromatic carbocycles. The van der Waals surface area contributed by atoms with Gasteiger partial charge in [-0.3, -0.25) is 29.4 Å². The van der Waals surface area contributed by atoms with E-state index in [4.69, 9.17) is 14.7 Å². The number of nitrogens with one attached hydrogen (secondary N) is 2. The lowest BCUT2D eigenvalue weighted by Gasteiger charge is -2.61. The number of hydrogen-bond donors (Lipinski definition) is 2. The summed E-state index contributed by atoms with van der Waals surface area (Å²) in [5, 5.41) is 6.65.